The van der Waals surface area contributed by atoms with Crippen LogP contribution in [-0.2, 0) is 0 Å². The van der Waals surface area contributed by atoms with Gasteiger partial charge in [-0.05, 0) is 48.0 Å². The topological polar surface area (TPSA) is 26.0 Å². The molecule has 1 heterocycles. The maximum atomic E-state index is 6.13. The lowest BCUT2D eigenvalue weighted by Gasteiger charge is -2.19. The Morgan fingerprint density at radius 1 is 1.28 bits per heavy atom. The summed E-state index contributed by atoms with van der Waals surface area (Å²) in [6.45, 7) is 4.17. The highest BCUT2D eigenvalue weighted by Crippen LogP contribution is 2.40. The first-order valence-corrected chi connectivity index (χ1v) is 8.34. The van der Waals surface area contributed by atoms with Crippen molar-refractivity contribution in [3.63, 3.8) is 0 Å². The normalized spacial score (nSPS) is 14.4. The average Bonchev–Trinajstić information content (AvgIpc) is 2.74. The summed E-state index contributed by atoms with van der Waals surface area (Å²) in [6, 6.07) is 10.9. The Morgan fingerprint density at radius 3 is 2.44 bits per heavy atom. The summed E-state index contributed by atoms with van der Waals surface area (Å²) in [5.41, 5.74) is 7.41. The molecule has 2 atom stereocenters. The van der Waals surface area contributed by atoms with Gasteiger partial charge in [0.25, 0.3) is 0 Å². The van der Waals surface area contributed by atoms with Crippen LogP contribution in [0.15, 0.2) is 45.1 Å². The first kappa shape index (κ1) is 14.1. The van der Waals surface area contributed by atoms with Crippen molar-refractivity contribution in [2.24, 2.45) is 5.73 Å². The molecular weight excluding hydrogens is 326 g/mol. The number of halogens is 1. The van der Waals surface area contributed by atoms with E-state index in [9.17, 15) is 0 Å². The lowest BCUT2D eigenvalue weighted by atomic mass is 10.2. The molecule has 18 heavy (non-hydrogen) atoms. The number of benzene rings is 1. The van der Waals surface area contributed by atoms with Gasteiger partial charge < -0.3 is 5.73 Å². The molecule has 0 amide bonds. The molecule has 2 aromatic rings. The van der Waals surface area contributed by atoms with Gasteiger partial charge in [-0.15, -0.1) is 23.1 Å². The third-order valence-electron chi connectivity index (χ3n) is 2.63. The van der Waals surface area contributed by atoms with Crippen molar-refractivity contribution >= 4 is 39.0 Å². The van der Waals surface area contributed by atoms with Gasteiger partial charge in [0.2, 0.25) is 0 Å². The van der Waals surface area contributed by atoms with E-state index < -0.39 is 0 Å². The SMILES string of the molecule is Cc1ccc(SC(c2cc(Br)cs2)C(C)N)cc1. The number of thioether (sulfide) groups is 1. The highest BCUT2D eigenvalue weighted by molar-refractivity contribution is 9.10. The molecule has 0 saturated carbocycles. The molecule has 0 spiro atoms. The quantitative estimate of drug-likeness (QED) is 0.792. The second kappa shape index (κ2) is 6.24. The fourth-order valence-electron chi connectivity index (χ4n) is 1.67. The Labute approximate surface area is 125 Å². The molecule has 0 saturated heterocycles. The van der Waals surface area contributed by atoms with Gasteiger partial charge in [0.05, 0.1) is 5.25 Å². The van der Waals surface area contributed by atoms with Crippen molar-refractivity contribution in [1.82, 2.24) is 0 Å². The molecule has 0 radical (unpaired) electrons. The lowest BCUT2D eigenvalue weighted by Crippen LogP contribution is -2.21. The van der Waals surface area contributed by atoms with Crippen LogP contribution in [0.4, 0.5) is 0 Å². The van der Waals surface area contributed by atoms with Crippen LogP contribution in [0.1, 0.15) is 22.6 Å². The van der Waals surface area contributed by atoms with Gasteiger partial charge in [-0.2, -0.15) is 0 Å². The van der Waals surface area contributed by atoms with E-state index in [0.717, 1.165) is 4.47 Å². The Balaban J connectivity index is 2.19. The third-order valence-corrected chi connectivity index (χ3v) is 6.04. The maximum absolute atomic E-state index is 6.13. The summed E-state index contributed by atoms with van der Waals surface area (Å²) < 4.78 is 1.14. The molecule has 1 aromatic heterocycles. The molecule has 2 unspecified atom stereocenters. The lowest BCUT2D eigenvalue weighted by molar-refractivity contribution is 0.730. The van der Waals surface area contributed by atoms with Crippen LogP contribution in [0.25, 0.3) is 0 Å². The Morgan fingerprint density at radius 2 is 1.94 bits per heavy atom. The molecular formula is C14H16BrNS2. The third kappa shape index (κ3) is 3.60. The summed E-state index contributed by atoms with van der Waals surface area (Å²) in [5.74, 6) is 0. The van der Waals surface area contributed by atoms with Crippen LogP contribution in [0.2, 0.25) is 0 Å². The standard InChI is InChI=1S/C14H16BrNS2/c1-9-3-5-12(6-4-9)18-14(10(2)16)13-7-11(15)8-17-13/h3-8,10,14H,16H2,1-2H3. The monoisotopic (exact) mass is 341 g/mol. The summed E-state index contributed by atoms with van der Waals surface area (Å²) in [4.78, 5) is 2.59. The predicted octanol–water partition coefficient (Wildman–Crippen LogP) is 5.00. The van der Waals surface area contributed by atoms with Crippen LogP contribution in [0, 0.1) is 6.92 Å². The average molecular weight is 342 g/mol. The molecule has 0 fully saturated rings. The van der Waals surface area contributed by atoms with Crippen LogP contribution >= 0.6 is 39.0 Å². The molecule has 0 bridgehead atoms. The van der Waals surface area contributed by atoms with Gasteiger partial charge in [-0.1, -0.05) is 17.7 Å². The first-order chi connectivity index (χ1) is 8.56. The number of aryl methyl sites for hydroxylation is 1. The second-order valence-electron chi connectivity index (χ2n) is 4.38. The molecule has 0 aliphatic carbocycles. The molecule has 96 valence electrons. The fourth-order valence-corrected chi connectivity index (χ4v) is 4.50. The zero-order chi connectivity index (χ0) is 13.1. The van der Waals surface area contributed by atoms with Crippen molar-refractivity contribution in [2.75, 3.05) is 0 Å². The van der Waals surface area contributed by atoms with Crippen LogP contribution in [-0.4, -0.2) is 6.04 Å². The van der Waals surface area contributed by atoms with Crippen LogP contribution in [0.3, 0.4) is 0 Å². The number of nitrogens with two attached hydrogens (primary N) is 1. The fraction of sp³-hybridized carbons (Fsp3) is 0.286. The number of thiophene rings is 1. The molecule has 0 aliphatic rings. The van der Waals surface area contributed by atoms with E-state index >= 15 is 0 Å². The van der Waals surface area contributed by atoms with Crippen molar-refractivity contribution in [2.45, 2.75) is 30.0 Å². The number of hydrogen-bond donors (Lipinski definition) is 1. The molecule has 2 N–H and O–H groups in total. The molecule has 4 heteroatoms. The second-order valence-corrected chi connectivity index (χ2v) is 7.45. The van der Waals surface area contributed by atoms with Gasteiger partial charge in [-0.3, -0.25) is 0 Å². The van der Waals surface area contributed by atoms with Gasteiger partial charge in [0.1, 0.15) is 0 Å². The minimum atomic E-state index is 0.127. The molecule has 1 nitrogen and oxygen atoms in total. The first-order valence-electron chi connectivity index (χ1n) is 5.79. The summed E-state index contributed by atoms with van der Waals surface area (Å²) in [6.07, 6.45) is 0. The van der Waals surface area contributed by atoms with Gasteiger partial charge in [0, 0.05) is 25.7 Å². The van der Waals surface area contributed by atoms with Gasteiger partial charge >= 0.3 is 0 Å². The van der Waals surface area contributed by atoms with E-state index in [1.165, 1.54) is 15.3 Å². The van der Waals surface area contributed by atoms with Gasteiger partial charge in [-0.25, -0.2) is 0 Å². The summed E-state index contributed by atoms with van der Waals surface area (Å²) in [5, 5.41) is 2.42. The smallest absolute Gasteiger partial charge is 0.0586 e. The van der Waals surface area contributed by atoms with E-state index in [1.807, 2.05) is 11.8 Å². The highest BCUT2D eigenvalue weighted by Gasteiger charge is 2.19. The Hall–Kier alpha value is -0.290. The van der Waals surface area contributed by atoms with Crippen molar-refractivity contribution in [1.29, 1.82) is 0 Å². The zero-order valence-corrected chi connectivity index (χ0v) is 13.6. The largest absolute Gasteiger partial charge is 0.327 e. The number of rotatable bonds is 4. The van der Waals surface area contributed by atoms with Gasteiger partial charge in [0.15, 0.2) is 0 Å². The van der Waals surface area contributed by atoms with E-state index in [0.29, 0.717) is 5.25 Å². The predicted molar refractivity (Wildman–Crippen MR) is 85.4 cm³/mol. The van der Waals surface area contributed by atoms with Crippen molar-refractivity contribution in [3.8, 4) is 0 Å². The minimum absolute atomic E-state index is 0.127. The van der Waals surface area contributed by atoms with Crippen molar-refractivity contribution in [3.05, 3.63) is 50.6 Å². The highest BCUT2D eigenvalue weighted by atomic mass is 79.9. The number of hydrogen-bond acceptors (Lipinski definition) is 3. The van der Waals surface area contributed by atoms with E-state index in [4.69, 9.17) is 5.73 Å². The molecule has 2 rings (SSSR count). The van der Waals surface area contributed by atoms with Crippen LogP contribution < -0.4 is 5.73 Å². The van der Waals surface area contributed by atoms with Crippen molar-refractivity contribution < 1.29 is 0 Å². The zero-order valence-electron chi connectivity index (χ0n) is 10.4. The summed E-state index contributed by atoms with van der Waals surface area (Å²) in [7, 11) is 0. The van der Waals surface area contributed by atoms with E-state index in [-0.39, 0.29) is 6.04 Å². The molecule has 0 aliphatic heterocycles. The molecule has 1 aromatic carbocycles. The van der Waals surface area contributed by atoms with E-state index in [2.05, 4.69) is 65.5 Å². The minimum Gasteiger partial charge on any atom is -0.327 e. The Bertz CT molecular complexity index is 505. The summed E-state index contributed by atoms with van der Waals surface area (Å²) >= 11 is 7.10. The van der Waals surface area contributed by atoms with Crippen LogP contribution in [0.5, 0.6) is 0 Å². The maximum Gasteiger partial charge on any atom is 0.0586 e. The van der Waals surface area contributed by atoms with E-state index in [1.54, 1.807) is 11.3 Å². The Kier molecular flexibility index (Phi) is 4.90.